The molecule has 3 rings (SSSR count). The summed E-state index contributed by atoms with van der Waals surface area (Å²) in [4.78, 5) is 35.8. The summed E-state index contributed by atoms with van der Waals surface area (Å²) in [6, 6.07) is 1.50. The molecule has 1 atom stereocenters. The third kappa shape index (κ3) is 2.30. The van der Waals surface area contributed by atoms with Crippen LogP contribution in [0, 0.1) is 12.3 Å². The van der Waals surface area contributed by atoms with Crippen molar-refractivity contribution >= 4 is 17.6 Å². The summed E-state index contributed by atoms with van der Waals surface area (Å²) >= 11 is 0. The van der Waals surface area contributed by atoms with E-state index in [9.17, 15) is 14.4 Å². The maximum atomic E-state index is 12.3. The third-order valence-corrected chi connectivity index (χ3v) is 4.44. The van der Waals surface area contributed by atoms with Gasteiger partial charge in [-0.2, -0.15) is 0 Å². The highest BCUT2D eigenvalue weighted by Gasteiger charge is 2.37. The van der Waals surface area contributed by atoms with Crippen molar-refractivity contribution in [2.24, 2.45) is 5.41 Å². The maximum Gasteiger partial charge on any atom is 0.249 e. The quantitative estimate of drug-likeness (QED) is 0.803. The minimum Gasteiger partial charge on any atom is -0.336 e. The van der Waals surface area contributed by atoms with Crippen LogP contribution < -0.4 is 5.32 Å². The van der Waals surface area contributed by atoms with Crippen molar-refractivity contribution in [2.45, 2.75) is 52.5 Å². The van der Waals surface area contributed by atoms with E-state index in [1.54, 1.807) is 0 Å². The highest BCUT2D eigenvalue weighted by Crippen LogP contribution is 2.38. The van der Waals surface area contributed by atoms with Crippen LogP contribution in [0.1, 0.15) is 60.9 Å². The van der Waals surface area contributed by atoms with Gasteiger partial charge in [-0.15, -0.1) is 0 Å². The molecule has 2 amide bonds. The fourth-order valence-electron chi connectivity index (χ4n) is 3.53. The second-order valence-corrected chi connectivity index (χ2v) is 6.92. The first-order valence-electron chi connectivity index (χ1n) is 7.36. The number of hydrogen-bond donors (Lipinski definition) is 1. The summed E-state index contributed by atoms with van der Waals surface area (Å²) in [6.07, 6.45) is 2.17. The van der Waals surface area contributed by atoms with E-state index < -0.39 is 0 Å². The van der Waals surface area contributed by atoms with E-state index in [1.807, 2.05) is 17.6 Å². The first-order chi connectivity index (χ1) is 9.78. The normalized spacial score (nSPS) is 24.7. The molecule has 21 heavy (non-hydrogen) atoms. The predicted octanol–water partition coefficient (Wildman–Crippen LogP) is 1.93. The fourth-order valence-corrected chi connectivity index (χ4v) is 3.53. The molecule has 0 aromatic carbocycles. The van der Waals surface area contributed by atoms with E-state index in [2.05, 4.69) is 19.2 Å². The monoisotopic (exact) mass is 288 g/mol. The van der Waals surface area contributed by atoms with Gasteiger partial charge in [0.1, 0.15) is 6.04 Å². The van der Waals surface area contributed by atoms with Crippen LogP contribution >= 0.6 is 0 Å². The molecular weight excluding hydrogens is 268 g/mol. The Labute approximate surface area is 123 Å². The van der Waals surface area contributed by atoms with Gasteiger partial charge in [0, 0.05) is 29.8 Å². The average molecular weight is 288 g/mol. The van der Waals surface area contributed by atoms with Gasteiger partial charge in [0.2, 0.25) is 11.8 Å². The van der Waals surface area contributed by atoms with Crippen molar-refractivity contribution in [3.8, 4) is 0 Å². The zero-order valence-corrected chi connectivity index (χ0v) is 12.7. The number of ketones is 1. The van der Waals surface area contributed by atoms with Crippen molar-refractivity contribution in [2.75, 3.05) is 0 Å². The van der Waals surface area contributed by atoms with Crippen LogP contribution in [-0.4, -0.2) is 22.2 Å². The Morgan fingerprint density at radius 3 is 2.62 bits per heavy atom. The van der Waals surface area contributed by atoms with Crippen LogP contribution in [0.2, 0.25) is 0 Å². The molecule has 1 unspecified atom stereocenters. The van der Waals surface area contributed by atoms with Gasteiger partial charge >= 0.3 is 0 Å². The molecule has 1 fully saturated rings. The minimum absolute atomic E-state index is 0.0897. The largest absolute Gasteiger partial charge is 0.336 e. The molecule has 0 bridgehead atoms. The lowest BCUT2D eigenvalue weighted by Gasteiger charge is -2.32. The van der Waals surface area contributed by atoms with Crippen molar-refractivity contribution in [1.29, 1.82) is 0 Å². The fraction of sp³-hybridized carbons (Fsp3) is 0.562. The summed E-state index contributed by atoms with van der Waals surface area (Å²) in [5, 5.41) is 2.40. The Kier molecular flexibility index (Phi) is 3.04. The highest BCUT2D eigenvalue weighted by atomic mass is 16.2. The summed E-state index contributed by atoms with van der Waals surface area (Å²) in [5.41, 5.74) is 2.52. The molecule has 112 valence electrons. The number of aryl methyl sites for hydroxylation is 1. The molecule has 1 aliphatic heterocycles. The van der Waals surface area contributed by atoms with Crippen LogP contribution in [0.25, 0.3) is 0 Å². The first kappa shape index (κ1) is 14.0. The van der Waals surface area contributed by atoms with Gasteiger partial charge in [-0.05, 0) is 31.2 Å². The molecule has 5 heteroatoms. The molecule has 2 aliphatic rings. The van der Waals surface area contributed by atoms with Gasteiger partial charge in [0.15, 0.2) is 5.78 Å². The number of amides is 2. The van der Waals surface area contributed by atoms with E-state index >= 15 is 0 Å². The SMILES string of the molecule is Cc1cc2c(n1C1CCC(=O)NC1=O)CC(C)(C)CC2=O. The number of nitrogens with one attached hydrogen (secondary N) is 1. The average Bonchev–Trinajstić information content (AvgIpc) is 2.65. The van der Waals surface area contributed by atoms with Crippen molar-refractivity contribution < 1.29 is 14.4 Å². The molecule has 1 aliphatic carbocycles. The smallest absolute Gasteiger partial charge is 0.249 e. The van der Waals surface area contributed by atoms with Crippen LogP contribution in [0.4, 0.5) is 0 Å². The molecular formula is C16H20N2O3. The molecule has 2 heterocycles. The molecule has 5 nitrogen and oxygen atoms in total. The lowest BCUT2D eigenvalue weighted by Crippen LogP contribution is -2.43. The van der Waals surface area contributed by atoms with Gasteiger partial charge in [-0.25, -0.2) is 0 Å². The summed E-state index contributed by atoms with van der Waals surface area (Å²) < 4.78 is 1.97. The number of rotatable bonds is 1. The number of Topliss-reactive ketones (excluding diaryl/α,β-unsaturated/α-hetero) is 1. The lowest BCUT2D eigenvalue weighted by atomic mass is 9.76. The first-order valence-corrected chi connectivity index (χ1v) is 7.36. The van der Waals surface area contributed by atoms with Gasteiger partial charge in [-0.3, -0.25) is 19.7 Å². The number of imide groups is 1. The van der Waals surface area contributed by atoms with Crippen LogP contribution in [-0.2, 0) is 16.0 Å². The number of aromatic nitrogens is 1. The van der Waals surface area contributed by atoms with Gasteiger partial charge < -0.3 is 4.57 Å². The Morgan fingerprint density at radius 1 is 1.24 bits per heavy atom. The zero-order valence-electron chi connectivity index (χ0n) is 12.7. The number of fused-ring (bicyclic) bond motifs is 1. The molecule has 1 N–H and O–H groups in total. The van der Waals surface area contributed by atoms with E-state index in [-0.39, 0.29) is 29.1 Å². The lowest BCUT2D eigenvalue weighted by molar-refractivity contribution is -0.135. The molecule has 1 aromatic rings. The summed E-state index contributed by atoms with van der Waals surface area (Å²) in [7, 11) is 0. The van der Waals surface area contributed by atoms with E-state index in [0.29, 0.717) is 19.3 Å². The van der Waals surface area contributed by atoms with E-state index in [0.717, 1.165) is 23.4 Å². The van der Waals surface area contributed by atoms with Crippen molar-refractivity contribution in [3.63, 3.8) is 0 Å². The molecule has 1 aromatic heterocycles. The highest BCUT2D eigenvalue weighted by molar-refractivity contribution is 6.01. The van der Waals surface area contributed by atoms with Gasteiger partial charge in [0.05, 0.1) is 0 Å². The second kappa shape index (κ2) is 4.55. The number of nitrogens with zero attached hydrogens (tertiary/aromatic N) is 1. The molecule has 0 radical (unpaired) electrons. The Balaban J connectivity index is 2.06. The number of hydrogen-bond acceptors (Lipinski definition) is 3. The maximum absolute atomic E-state index is 12.3. The number of carbonyl (C=O) groups excluding carboxylic acids is 3. The number of piperidine rings is 1. The molecule has 0 spiro atoms. The van der Waals surface area contributed by atoms with Crippen LogP contribution in [0.5, 0.6) is 0 Å². The Hall–Kier alpha value is -1.91. The third-order valence-electron chi connectivity index (χ3n) is 4.44. The second-order valence-electron chi connectivity index (χ2n) is 6.92. The summed E-state index contributed by atoms with van der Waals surface area (Å²) in [6.45, 7) is 6.07. The molecule has 0 saturated carbocycles. The Bertz CT molecular complexity index is 655. The van der Waals surface area contributed by atoms with E-state index in [4.69, 9.17) is 0 Å². The van der Waals surface area contributed by atoms with Crippen molar-refractivity contribution in [1.82, 2.24) is 9.88 Å². The summed E-state index contributed by atoms with van der Waals surface area (Å²) in [5.74, 6) is -0.328. The van der Waals surface area contributed by atoms with Crippen molar-refractivity contribution in [3.05, 3.63) is 23.0 Å². The predicted molar refractivity (Wildman–Crippen MR) is 77.0 cm³/mol. The van der Waals surface area contributed by atoms with E-state index in [1.165, 1.54) is 0 Å². The van der Waals surface area contributed by atoms with Crippen LogP contribution in [0.3, 0.4) is 0 Å². The zero-order chi connectivity index (χ0) is 15.4. The minimum atomic E-state index is -0.381. The number of carbonyl (C=O) groups is 3. The van der Waals surface area contributed by atoms with Gasteiger partial charge in [0.25, 0.3) is 0 Å². The topological polar surface area (TPSA) is 68.2 Å². The molecule has 1 saturated heterocycles. The Morgan fingerprint density at radius 2 is 1.95 bits per heavy atom. The van der Waals surface area contributed by atoms with Gasteiger partial charge in [-0.1, -0.05) is 13.8 Å². The van der Waals surface area contributed by atoms with Crippen LogP contribution in [0.15, 0.2) is 6.07 Å². The standard InChI is InChI=1S/C16H20N2O3/c1-9-6-10-12(7-16(2,3)8-13(10)19)18(9)11-4-5-14(20)17-15(11)21/h6,11H,4-5,7-8H2,1-3H3,(H,17,20,21).